The second kappa shape index (κ2) is 16.5. The summed E-state index contributed by atoms with van der Waals surface area (Å²) in [6, 6.07) is 58.0. The molecule has 4 aliphatic rings. The van der Waals surface area contributed by atoms with Crippen molar-refractivity contribution in [3.63, 3.8) is 0 Å². The Morgan fingerprint density at radius 3 is 1.40 bits per heavy atom. The van der Waals surface area contributed by atoms with Crippen LogP contribution in [0, 0.1) is 0 Å². The van der Waals surface area contributed by atoms with Crippen molar-refractivity contribution in [1.29, 1.82) is 0 Å². The van der Waals surface area contributed by atoms with Gasteiger partial charge in [-0.2, -0.15) is 0 Å². The highest BCUT2D eigenvalue weighted by atomic mass is 15.1. The quantitative estimate of drug-likeness (QED) is 0.157. The maximum Gasteiger partial charge on any atom is 0.253 e. The first-order valence-electron chi connectivity index (χ1n) is 31.8. The minimum Gasteiger partial charge on any atom is -0.310 e. The Labute approximate surface area is 504 Å². The van der Waals surface area contributed by atoms with Gasteiger partial charge >= 0.3 is 0 Å². The minimum absolute atomic E-state index is 0.0279. The molecule has 0 saturated carbocycles. The van der Waals surface area contributed by atoms with E-state index in [1.807, 2.05) is 0 Å². The van der Waals surface area contributed by atoms with Crippen molar-refractivity contribution >= 4 is 88.5 Å². The van der Waals surface area contributed by atoms with Gasteiger partial charge in [-0.05, 0) is 176 Å². The standard InChI is InChI=1S/C81H82BN3/c1-43(2)45-20-28-55-59-42-68-69(56-29-21-46(44(3)4)35-67(56)83(68)52-26-22-47(23-27-52)76(5,6)7)71-74(59)84(66(55)34-45)65-33-32-60-75-70(65)82(71)64-41-51(80(17,18)19)37-58-57-36-50(79(14,15)16)40-63(72(57)85(75)73(58)64)81(60)61-38-48(77(8,9)10)24-30-53(61)54-31-25-49(39-62(54)81)78(11,12)13/h20-44H,1-19H3. The van der Waals surface area contributed by atoms with Crippen molar-refractivity contribution in [1.82, 2.24) is 13.7 Å². The lowest BCUT2D eigenvalue weighted by atomic mass is 9.33. The topological polar surface area (TPSA) is 14.8 Å². The van der Waals surface area contributed by atoms with Crippen LogP contribution in [0.3, 0.4) is 0 Å². The number of nitrogens with zero attached hydrogens (tertiary/aromatic N) is 3. The van der Waals surface area contributed by atoms with E-state index in [4.69, 9.17) is 0 Å². The summed E-state index contributed by atoms with van der Waals surface area (Å²) >= 11 is 0. The van der Waals surface area contributed by atoms with Gasteiger partial charge in [-0.3, -0.25) is 0 Å². The molecular weight excluding hydrogens is 1030 g/mol. The summed E-state index contributed by atoms with van der Waals surface area (Å²) in [5.41, 5.74) is 32.9. The molecule has 0 N–H and O–H groups in total. The van der Waals surface area contributed by atoms with Crippen molar-refractivity contribution in [3.8, 4) is 28.2 Å². The van der Waals surface area contributed by atoms with E-state index in [0.29, 0.717) is 11.8 Å². The molecule has 85 heavy (non-hydrogen) atoms. The molecular formula is C81H82BN3. The summed E-state index contributed by atoms with van der Waals surface area (Å²) in [5, 5.41) is 8.04. The first-order chi connectivity index (χ1) is 40.0. The Balaban J connectivity index is 1.18. The molecule has 16 rings (SSSR count). The van der Waals surface area contributed by atoms with Gasteiger partial charge in [-0.15, -0.1) is 0 Å². The van der Waals surface area contributed by atoms with Crippen LogP contribution in [0.2, 0.25) is 0 Å². The SMILES string of the molecule is CC(C)c1ccc2c3c4c5c(cc3n(-c3ccc(C(C)(C)C)cc3)c2c1)c1ccc(C(C)C)cc1n5-c1ccc2c3c1B4c1cc(C(C)(C)C)cc4c5cc(C(C)(C)C)cc(c5n-3c14)C21c2cc(C(C)(C)C)ccc2-c2ccc(C(C)(C)C)cc21. The highest BCUT2D eigenvalue weighted by molar-refractivity contribution is 7.02. The molecule has 0 radical (unpaired) electrons. The Morgan fingerprint density at radius 1 is 0.353 bits per heavy atom. The number of hydrogen-bond donors (Lipinski definition) is 0. The van der Waals surface area contributed by atoms with E-state index in [1.54, 1.807) is 0 Å². The van der Waals surface area contributed by atoms with Gasteiger partial charge in [0.1, 0.15) is 0 Å². The third-order valence-electron chi connectivity index (χ3n) is 21.1. The van der Waals surface area contributed by atoms with E-state index < -0.39 is 5.41 Å². The number of rotatable bonds is 3. The monoisotopic (exact) mass is 1110 g/mol. The number of aromatic nitrogens is 3. The molecule has 3 aliphatic heterocycles. The zero-order valence-corrected chi connectivity index (χ0v) is 53.9. The van der Waals surface area contributed by atoms with Crippen molar-refractivity contribution in [3.05, 3.63) is 201 Å². The summed E-state index contributed by atoms with van der Waals surface area (Å²) in [7, 11) is 0. The second-order valence-electron chi connectivity index (χ2n) is 32.2. The average molecular weight is 1110 g/mol. The predicted molar refractivity (Wildman–Crippen MR) is 367 cm³/mol. The molecule has 12 aromatic rings. The van der Waals surface area contributed by atoms with Crippen LogP contribution in [-0.4, -0.2) is 20.4 Å². The van der Waals surface area contributed by atoms with Gasteiger partial charge in [0.25, 0.3) is 6.71 Å². The molecule has 0 amide bonds. The highest BCUT2D eigenvalue weighted by Crippen LogP contribution is 2.63. The lowest BCUT2D eigenvalue weighted by Gasteiger charge is -2.45. The average Bonchev–Trinajstić information content (AvgIpc) is 1.55. The number of hydrogen-bond acceptors (Lipinski definition) is 0. The fourth-order valence-corrected chi connectivity index (χ4v) is 16.3. The van der Waals surface area contributed by atoms with Crippen LogP contribution < -0.4 is 16.4 Å². The van der Waals surface area contributed by atoms with Crippen LogP contribution in [0.5, 0.6) is 0 Å². The zero-order chi connectivity index (χ0) is 59.6. The Hall–Kier alpha value is -7.56. The van der Waals surface area contributed by atoms with Crippen LogP contribution in [0.1, 0.15) is 205 Å². The fraction of sp³-hybridized carbons (Fsp3) is 0.333. The van der Waals surface area contributed by atoms with Crippen molar-refractivity contribution in [2.24, 2.45) is 0 Å². The van der Waals surface area contributed by atoms with Crippen LogP contribution in [0.15, 0.2) is 140 Å². The maximum atomic E-state index is 2.84. The van der Waals surface area contributed by atoms with E-state index in [1.165, 1.54) is 171 Å². The molecule has 6 heterocycles. The summed E-state index contributed by atoms with van der Waals surface area (Å²) in [4.78, 5) is 0. The van der Waals surface area contributed by atoms with E-state index in [-0.39, 0.29) is 33.8 Å². The maximum absolute atomic E-state index is 2.84. The van der Waals surface area contributed by atoms with E-state index in [0.717, 1.165) is 0 Å². The summed E-state index contributed by atoms with van der Waals surface area (Å²) in [6.07, 6.45) is 0. The third-order valence-corrected chi connectivity index (χ3v) is 21.1. The van der Waals surface area contributed by atoms with Gasteiger partial charge in [-0.1, -0.05) is 223 Å². The fourth-order valence-electron chi connectivity index (χ4n) is 16.3. The second-order valence-corrected chi connectivity index (χ2v) is 32.2. The Morgan fingerprint density at radius 2 is 0.847 bits per heavy atom. The van der Waals surface area contributed by atoms with Crippen molar-refractivity contribution in [2.75, 3.05) is 0 Å². The van der Waals surface area contributed by atoms with Crippen LogP contribution in [0.25, 0.3) is 93.6 Å². The number of benzene rings is 9. The zero-order valence-electron chi connectivity index (χ0n) is 53.9. The smallest absolute Gasteiger partial charge is 0.253 e. The first-order valence-corrected chi connectivity index (χ1v) is 31.8. The van der Waals surface area contributed by atoms with Crippen LogP contribution in [-0.2, 0) is 32.5 Å². The molecule has 0 unspecified atom stereocenters. The van der Waals surface area contributed by atoms with Gasteiger partial charge in [0.15, 0.2) is 0 Å². The molecule has 0 atom stereocenters. The highest BCUT2D eigenvalue weighted by Gasteiger charge is 2.56. The molecule has 3 nitrogen and oxygen atoms in total. The van der Waals surface area contributed by atoms with Crippen LogP contribution >= 0.6 is 0 Å². The predicted octanol–water partition coefficient (Wildman–Crippen LogP) is 19.5. The number of fused-ring (bicyclic) bond motifs is 18. The first kappa shape index (κ1) is 53.0. The Kier molecular flexibility index (Phi) is 10.3. The van der Waals surface area contributed by atoms with E-state index in [9.17, 15) is 0 Å². The molecule has 1 aliphatic carbocycles. The molecule has 3 aromatic heterocycles. The van der Waals surface area contributed by atoms with Gasteiger partial charge in [0, 0.05) is 54.9 Å². The molecule has 9 aromatic carbocycles. The van der Waals surface area contributed by atoms with Gasteiger partial charge in [0.2, 0.25) is 0 Å². The Bertz CT molecular complexity index is 4940. The third kappa shape index (κ3) is 6.81. The summed E-state index contributed by atoms with van der Waals surface area (Å²) in [6.45, 7) is 45.2. The molecule has 0 fully saturated rings. The summed E-state index contributed by atoms with van der Waals surface area (Å²) < 4.78 is 8.24. The van der Waals surface area contributed by atoms with Crippen LogP contribution in [0.4, 0.5) is 0 Å². The largest absolute Gasteiger partial charge is 0.310 e. The van der Waals surface area contributed by atoms with Crippen molar-refractivity contribution in [2.45, 2.75) is 176 Å². The van der Waals surface area contributed by atoms with E-state index in [2.05, 4.69) is 285 Å². The van der Waals surface area contributed by atoms with Gasteiger partial charge in [0.05, 0.1) is 33.0 Å². The molecule has 0 bridgehead atoms. The molecule has 0 saturated heterocycles. The van der Waals surface area contributed by atoms with Crippen molar-refractivity contribution < 1.29 is 0 Å². The van der Waals surface area contributed by atoms with Gasteiger partial charge < -0.3 is 13.7 Å². The minimum atomic E-state index is -0.649. The lowest BCUT2D eigenvalue weighted by molar-refractivity contribution is 0.583. The van der Waals surface area contributed by atoms with E-state index >= 15 is 0 Å². The molecule has 4 heteroatoms. The van der Waals surface area contributed by atoms with Gasteiger partial charge in [-0.25, -0.2) is 0 Å². The molecule has 1 spiro atoms. The summed E-state index contributed by atoms with van der Waals surface area (Å²) in [5.74, 6) is 0.733. The molecule has 424 valence electrons. The lowest BCUT2D eigenvalue weighted by Crippen LogP contribution is -2.61. The normalized spacial score (nSPS) is 15.0.